The second-order valence-corrected chi connectivity index (χ2v) is 28.6. The molecule has 37 heteroatoms. The lowest BCUT2D eigenvalue weighted by molar-refractivity contribution is -0.173. The Balaban J connectivity index is 0.734. The van der Waals surface area contributed by atoms with Crippen LogP contribution in [0.25, 0.3) is 22.3 Å². The van der Waals surface area contributed by atoms with Crippen molar-refractivity contribution in [3.05, 3.63) is 116 Å². The van der Waals surface area contributed by atoms with Crippen LogP contribution in [0.5, 0.6) is 0 Å². The first-order valence-electron chi connectivity index (χ1n) is 37.1. The molecule has 0 bridgehead atoms. The van der Waals surface area contributed by atoms with E-state index in [4.69, 9.17) is 52.4 Å². The van der Waals surface area contributed by atoms with E-state index < -0.39 is 125 Å². The number of cyclic esters (lactones) is 1. The van der Waals surface area contributed by atoms with Crippen LogP contribution in [0.15, 0.2) is 70.9 Å². The van der Waals surface area contributed by atoms with Gasteiger partial charge in [-0.15, -0.1) is 0 Å². The number of carbonyl (C=O) groups is 9. The predicted molar refractivity (Wildman–Crippen MR) is 400 cm³/mol. The molecule has 35 nitrogen and oxygen atoms in total. The van der Waals surface area contributed by atoms with E-state index in [1.165, 1.54) is 30.0 Å². The molecule has 8 amide bonds. The Hall–Kier alpha value is -9.85. The van der Waals surface area contributed by atoms with Gasteiger partial charge in [0.25, 0.3) is 5.56 Å². The molecule has 3 aromatic heterocycles. The maximum absolute atomic E-state index is 15.2. The van der Waals surface area contributed by atoms with Crippen molar-refractivity contribution in [3.8, 4) is 23.2 Å². The summed E-state index contributed by atoms with van der Waals surface area (Å²) in [5.41, 5.74) is 0.982. The number of unbranched alkanes of at least 4 members (excludes halogenated alkanes) is 1. The molecular weight excluding hydrogens is 1500 g/mol. The number of amides is 8. The first kappa shape index (κ1) is 88.7. The van der Waals surface area contributed by atoms with E-state index in [0.29, 0.717) is 124 Å². The van der Waals surface area contributed by atoms with Gasteiger partial charge in [-0.2, -0.15) is 0 Å². The minimum atomic E-state index is -3.61. The van der Waals surface area contributed by atoms with Crippen LogP contribution < -0.4 is 48.1 Å². The Morgan fingerprint density at radius 3 is 1.90 bits per heavy atom. The number of fused-ring (bicyclic) bond motifs is 5. The Morgan fingerprint density at radius 1 is 0.690 bits per heavy atom. The van der Waals surface area contributed by atoms with Gasteiger partial charge in [-0.05, 0) is 67.9 Å². The number of halogens is 1. The highest BCUT2D eigenvalue weighted by molar-refractivity contribution is 7.90. The van der Waals surface area contributed by atoms with Crippen LogP contribution in [-0.2, 0) is 132 Å². The van der Waals surface area contributed by atoms with Crippen LogP contribution in [-0.4, -0.2) is 250 Å². The Kier molecular flexibility index (Phi) is 35.9. The summed E-state index contributed by atoms with van der Waals surface area (Å²) in [5, 5.41) is 32.4. The maximum Gasteiger partial charge on any atom is 0.343 e. The lowest BCUT2D eigenvalue weighted by Gasteiger charge is -2.32. The van der Waals surface area contributed by atoms with Crippen molar-refractivity contribution in [1.82, 2.24) is 62.1 Å². The fourth-order valence-corrected chi connectivity index (χ4v) is 12.2. The molecule has 1 aliphatic carbocycles. The number of benzene rings is 2. The molecule has 2 aromatic carbocycles. The quantitative estimate of drug-likeness (QED) is 0.00774. The number of pyridine rings is 2. The zero-order valence-corrected chi connectivity index (χ0v) is 64.5. The Labute approximate surface area is 652 Å². The molecule has 9 N–H and O–H groups in total. The number of aryl methyl sites for hydroxylation is 1. The number of esters is 1. The number of rotatable bonds is 51. The average Bonchev–Trinajstić information content (AvgIpc) is 1.59. The third-order valence-electron chi connectivity index (χ3n) is 17.9. The number of sulfone groups is 1. The monoisotopic (exact) mass is 1600 g/mol. The number of carbonyl (C=O) groups excluding carboxylic acids is 9. The number of ether oxygens (including phenoxy) is 10. The second kappa shape index (κ2) is 45.7. The van der Waals surface area contributed by atoms with Crippen LogP contribution in [0.3, 0.4) is 0 Å². The molecular formula is C76H99FN12O23S. The lowest BCUT2D eigenvalue weighted by atomic mass is 9.84. The number of methoxy groups -OCH3 is 1. The van der Waals surface area contributed by atoms with E-state index in [0.717, 1.165) is 19.1 Å². The Morgan fingerprint density at radius 2 is 1.27 bits per heavy atom. The number of hydrogen-bond acceptors (Lipinski definition) is 26. The first-order chi connectivity index (χ1) is 54.4. The SMILES string of the molecule is COCCOCCOCCOCCOCCOCCOCCOCCNC(=O)[C@H](CCC(=O)NCC(=O)NCC(=O)N[C@@H](Cc1ccccc1)C(=O)NCC(=O)NCO[C@@H](C)C(=O)NCc1c2c(nc3cc(F)c(C)cc13)-c1cc3c(c(=O)n1C2)COC(=O)[C@]3(O)CC1CC1)NC(=O)CCCC#Cc1cnc(S(C)(=O)=O)nc1. The molecule has 5 aromatic rings. The van der Waals surface area contributed by atoms with Crippen molar-refractivity contribution in [1.29, 1.82) is 0 Å². The smallest absolute Gasteiger partial charge is 0.343 e. The summed E-state index contributed by atoms with van der Waals surface area (Å²) >= 11 is 0. The molecule has 0 saturated heterocycles. The van der Waals surface area contributed by atoms with Crippen molar-refractivity contribution in [3.63, 3.8) is 0 Å². The van der Waals surface area contributed by atoms with Gasteiger partial charge < -0.3 is 99.6 Å². The largest absolute Gasteiger partial charge is 0.458 e. The van der Waals surface area contributed by atoms with Crippen LogP contribution >= 0.6 is 0 Å². The third-order valence-corrected chi connectivity index (χ3v) is 18.8. The molecule has 614 valence electrons. The average molecular weight is 1600 g/mol. The number of nitrogens with zero attached hydrogens (tertiary/aromatic N) is 4. The number of aliphatic hydroxyl groups is 1. The summed E-state index contributed by atoms with van der Waals surface area (Å²) in [6, 6.07) is 10.6. The van der Waals surface area contributed by atoms with E-state index in [-0.39, 0.29) is 119 Å². The minimum Gasteiger partial charge on any atom is -0.458 e. The highest BCUT2D eigenvalue weighted by Gasteiger charge is 2.50. The van der Waals surface area contributed by atoms with Gasteiger partial charge in [-0.1, -0.05) is 55.0 Å². The van der Waals surface area contributed by atoms with Gasteiger partial charge in [0.15, 0.2) is 5.60 Å². The highest BCUT2D eigenvalue weighted by Crippen LogP contribution is 2.46. The van der Waals surface area contributed by atoms with Gasteiger partial charge in [0.1, 0.15) is 37.3 Å². The minimum absolute atomic E-state index is 0.00702. The van der Waals surface area contributed by atoms with Gasteiger partial charge in [0.2, 0.25) is 62.3 Å². The van der Waals surface area contributed by atoms with Crippen LogP contribution in [0.4, 0.5) is 4.39 Å². The van der Waals surface area contributed by atoms with Gasteiger partial charge >= 0.3 is 5.97 Å². The molecule has 0 spiro atoms. The van der Waals surface area contributed by atoms with Crippen LogP contribution in [0, 0.1) is 30.5 Å². The zero-order chi connectivity index (χ0) is 81.1. The van der Waals surface area contributed by atoms with E-state index in [2.05, 4.69) is 64.3 Å². The molecule has 1 fully saturated rings. The summed E-state index contributed by atoms with van der Waals surface area (Å²) in [6.45, 7) is 5.91. The molecule has 113 heavy (non-hydrogen) atoms. The number of aromatic nitrogens is 4. The maximum atomic E-state index is 15.2. The van der Waals surface area contributed by atoms with Crippen LogP contribution in [0.1, 0.15) is 97.2 Å². The van der Waals surface area contributed by atoms with Gasteiger partial charge in [0.05, 0.1) is 153 Å². The van der Waals surface area contributed by atoms with E-state index in [9.17, 15) is 61.5 Å². The van der Waals surface area contributed by atoms with Crippen molar-refractivity contribution in [2.75, 3.05) is 145 Å². The first-order valence-corrected chi connectivity index (χ1v) is 39.0. The number of hydrogen-bond donors (Lipinski definition) is 9. The van der Waals surface area contributed by atoms with E-state index in [1.807, 2.05) is 0 Å². The third kappa shape index (κ3) is 28.9. The molecule has 5 heterocycles. The second-order valence-electron chi connectivity index (χ2n) is 26.7. The lowest BCUT2D eigenvalue weighted by Crippen LogP contribution is -2.52. The van der Waals surface area contributed by atoms with E-state index in [1.54, 1.807) is 56.5 Å². The van der Waals surface area contributed by atoms with Crippen molar-refractivity contribution in [2.24, 2.45) is 5.92 Å². The fourth-order valence-electron chi connectivity index (χ4n) is 11.7. The van der Waals surface area contributed by atoms with Gasteiger partial charge in [0, 0.05) is 87.1 Å². The Bertz CT molecular complexity index is 4330. The predicted octanol–water partition coefficient (Wildman–Crippen LogP) is -0.352. The standard InChI is InChI=1S/C76H99FN12O23S/c1-49-35-54-55(56-46-89-63(69(56)88-61(54)38-59(49)77)37-58-57(73(89)98)47-111-74(99)76(58,100)39-52-15-16-52)42-81-70(95)50(2)112-48-85-67(93)44-82-72(97)62(36-51-11-7-5-8-12-51)87-68(94)45-80-66(92)43-79-64(90)18-17-60(86-65(91)14-10-6-9-13-53-40-83-75(84-41-53)113(4,101)102)71(96)78-19-20-104-23-24-106-27-28-108-31-32-110-34-33-109-30-29-107-26-25-105-22-21-103-3/h5,7-8,11-12,35,37-38,40-41,50,52,60,62,100H,6,10,14-34,36,39,42-48H2,1-4H3,(H,78,96)(H,79,90)(H,80,92)(H,81,95)(H,82,97)(H,85,93)(H,86,91)(H,87,94)/t50-,60-,62-,76-/m0/s1. The van der Waals surface area contributed by atoms with Crippen molar-refractivity contribution in [2.45, 2.75) is 120 Å². The number of nitrogens with one attached hydrogen (secondary N) is 8. The summed E-state index contributed by atoms with van der Waals surface area (Å²) < 4.78 is 94.3. The molecule has 3 aliphatic rings. The zero-order valence-electron chi connectivity index (χ0n) is 63.7. The summed E-state index contributed by atoms with van der Waals surface area (Å²) in [6.07, 6.45) is 3.96. The normalized spacial score (nSPS) is 14.9. The molecule has 8 rings (SSSR count). The van der Waals surface area contributed by atoms with Gasteiger partial charge in [-0.3, -0.25) is 43.2 Å². The van der Waals surface area contributed by atoms with E-state index >= 15 is 4.39 Å². The molecule has 0 radical (unpaired) electrons. The molecule has 4 atom stereocenters. The van der Waals surface area contributed by atoms with Crippen molar-refractivity contribution >= 4 is 74.0 Å². The highest BCUT2D eigenvalue weighted by atomic mass is 32.2. The fraction of sp³-hybridized carbons (Fsp3) is 0.539. The van der Waals surface area contributed by atoms with Gasteiger partial charge in [-0.25, -0.2) is 32.6 Å². The molecule has 0 unspecified atom stereocenters. The molecule has 1 saturated carbocycles. The van der Waals surface area contributed by atoms with Crippen molar-refractivity contribution < 1.29 is 108 Å². The van der Waals surface area contributed by atoms with Crippen LogP contribution in [0.2, 0.25) is 0 Å². The summed E-state index contributed by atoms with van der Waals surface area (Å²) in [7, 11) is -2.00. The summed E-state index contributed by atoms with van der Waals surface area (Å²) in [5.74, 6) is -1.16. The summed E-state index contributed by atoms with van der Waals surface area (Å²) in [4.78, 5) is 146. The topological polar surface area (TPSA) is 457 Å². The molecule has 2 aliphatic heterocycles.